The highest BCUT2D eigenvalue weighted by Gasteiger charge is 2.02. The second-order valence-corrected chi connectivity index (χ2v) is 2.86. The molecule has 7 nitrogen and oxygen atoms in total. The molecule has 7 heteroatoms. The van der Waals surface area contributed by atoms with Crippen LogP contribution in [0.3, 0.4) is 0 Å². The maximum absolute atomic E-state index is 10.8. The summed E-state index contributed by atoms with van der Waals surface area (Å²) in [6.07, 6.45) is -0.676. The summed E-state index contributed by atoms with van der Waals surface area (Å²) in [5.74, 6) is -0.833. The lowest BCUT2D eigenvalue weighted by atomic mass is 10.7. The third-order valence-corrected chi connectivity index (χ3v) is 1.30. The second kappa shape index (κ2) is 15.7. The summed E-state index contributed by atoms with van der Waals surface area (Å²) in [5, 5.41) is 7.42. The van der Waals surface area contributed by atoms with Crippen LogP contribution in [0.1, 0.15) is 20.8 Å². The van der Waals surface area contributed by atoms with Crippen LogP contribution in [-0.4, -0.2) is 56.9 Å². The minimum atomic E-state index is -0.833. The largest absolute Gasteiger partial charge is 0.508 e. The SMILES string of the molecule is CC(=O)O.CCOCCOC(=O)OCCOCC. The molecule has 0 fully saturated rings. The number of hydrogen-bond donors (Lipinski definition) is 1. The normalized spacial score (nSPS) is 9.06. The fraction of sp³-hybridized carbons (Fsp3) is 0.818. The predicted octanol–water partition coefficient (Wildman–Crippen LogP) is 1.30. The molecule has 0 aromatic rings. The molecule has 0 aliphatic rings. The van der Waals surface area contributed by atoms with E-state index < -0.39 is 12.1 Å². The van der Waals surface area contributed by atoms with Gasteiger partial charge >= 0.3 is 6.16 Å². The van der Waals surface area contributed by atoms with Crippen molar-refractivity contribution in [1.82, 2.24) is 0 Å². The van der Waals surface area contributed by atoms with Crippen LogP contribution >= 0.6 is 0 Å². The van der Waals surface area contributed by atoms with Gasteiger partial charge in [0.15, 0.2) is 0 Å². The van der Waals surface area contributed by atoms with Gasteiger partial charge < -0.3 is 24.1 Å². The molecule has 0 aliphatic carbocycles. The van der Waals surface area contributed by atoms with Gasteiger partial charge in [0, 0.05) is 20.1 Å². The molecule has 108 valence electrons. The van der Waals surface area contributed by atoms with Gasteiger partial charge in [0.05, 0.1) is 13.2 Å². The minimum absolute atomic E-state index is 0.224. The summed E-state index contributed by atoms with van der Waals surface area (Å²) >= 11 is 0. The van der Waals surface area contributed by atoms with Crippen molar-refractivity contribution in [2.75, 3.05) is 39.6 Å². The van der Waals surface area contributed by atoms with Crippen molar-refractivity contribution in [1.29, 1.82) is 0 Å². The van der Waals surface area contributed by atoms with Crippen LogP contribution in [0.4, 0.5) is 4.79 Å². The number of carboxylic acid groups (broad SMARTS) is 1. The third kappa shape index (κ3) is 24.1. The Kier molecular flexibility index (Phi) is 16.5. The maximum atomic E-state index is 10.8. The first kappa shape index (κ1) is 19.0. The van der Waals surface area contributed by atoms with Crippen molar-refractivity contribution in [2.24, 2.45) is 0 Å². The average molecular weight is 266 g/mol. The highest BCUT2D eigenvalue weighted by Crippen LogP contribution is 1.86. The van der Waals surface area contributed by atoms with Crippen molar-refractivity contribution >= 4 is 12.1 Å². The number of carboxylic acids is 1. The molecule has 18 heavy (non-hydrogen) atoms. The van der Waals surface area contributed by atoms with Crippen LogP contribution in [0.25, 0.3) is 0 Å². The number of rotatable bonds is 8. The third-order valence-electron chi connectivity index (χ3n) is 1.30. The highest BCUT2D eigenvalue weighted by atomic mass is 16.7. The van der Waals surface area contributed by atoms with Gasteiger partial charge in [-0.1, -0.05) is 0 Å². The summed E-state index contributed by atoms with van der Waals surface area (Å²) < 4.78 is 19.3. The molecule has 0 saturated heterocycles. The zero-order chi connectivity index (χ0) is 14.2. The Bertz CT molecular complexity index is 188. The Morgan fingerprint density at radius 2 is 1.22 bits per heavy atom. The van der Waals surface area contributed by atoms with Gasteiger partial charge in [-0.25, -0.2) is 4.79 Å². The number of carbonyl (C=O) groups is 2. The number of hydrogen-bond acceptors (Lipinski definition) is 6. The van der Waals surface area contributed by atoms with E-state index in [1.54, 1.807) is 0 Å². The first-order valence-corrected chi connectivity index (χ1v) is 5.69. The van der Waals surface area contributed by atoms with E-state index in [1.807, 2.05) is 13.8 Å². The van der Waals surface area contributed by atoms with E-state index in [9.17, 15) is 4.79 Å². The van der Waals surface area contributed by atoms with Gasteiger partial charge in [-0.05, 0) is 13.8 Å². The lowest BCUT2D eigenvalue weighted by Gasteiger charge is -2.05. The van der Waals surface area contributed by atoms with Gasteiger partial charge in [0.2, 0.25) is 0 Å². The Labute approximate surface area is 107 Å². The topological polar surface area (TPSA) is 91.3 Å². The monoisotopic (exact) mass is 266 g/mol. The van der Waals surface area contributed by atoms with Crippen molar-refractivity contribution in [3.05, 3.63) is 0 Å². The zero-order valence-corrected chi connectivity index (χ0v) is 11.1. The summed E-state index contributed by atoms with van der Waals surface area (Å²) in [4.78, 5) is 19.8. The highest BCUT2D eigenvalue weighted by molar-refractivity contribution is 5.63. The van der Waals surface area contributed by atoms with Crippen molar-refractivity contribution < 1.29 is 33.6 Å². The first-order valence-electron chi connectivity index (χ1n) is 5.69. The van der Waals surface area contributed by atoms with Gasteiger partial charge in [-0.15, -0.1) is 0 Å². The van der Waals surface area contributed by atoms with Crippen LogP contribution in [0.5, 0.6) is 0 Å². The standard InChI is InChI=1S/C9H18O5.C2H4O2/c1-3-11-5-7-13-9(10)14-8-6-12-4-2;1-2(3)4/h3-8H2,1-2H3;1H3,(H,3,4). The van der Waals surface area contributed by atoms with E-state index in [-0.39, 0.29) is 13.2 Å². The van der Waals surface area contributed by atoms with Crippen molar-refractivity contribution in [3.63, 3.8) is 0 Å². The Morgan fingerprint density at radius 3 is 1.50 bits per heavy atom. The Hall–Kier alpha value is -1.34. The first-order chi connectivity index (χ1) is 8.54. The van der Waals surface area contributed by atoms with Gasteiger partial charge in [0.1, 0.15) is 13.2 Å². The van der Waals surface area contributed by atoms with E-state index >= 15 is 0 Å². The van der Waals surface area contributed by atoms with Crippen LogP contribution in [0.2, 0.25) is 0 Å². The fourth-order valence-electron chi connectivity index (χ4n) is 0.698. The molecule has 0 aliphatic heterocycles. The Balaban J connectivity index is 0. The van der Waals surface area contributed by atoms with Crippen molar-refractivity contribution in [2.45, 2.75) is 20.8 Å². The number of ether oxygens (including phenoxy) is 4. The smallest absolute Gasteiger partial charge is 0.481 e. The van der Waals surface area contributed by atoms with Crippen LogP contribution < -0.4 is 0 Å². The lowest BCUT2D eigenvalue weighted by Crippen LogP contribution is -2.14. The van der Waals surface area contributed by atoms with Gasteiger partial charge in [0.25, 0.3) is 5.97 Å². The van der Waals surface area contributed by atoms with E-state index in [4.69, 9.17) is 19.4 Å². The van der Waals surface area contributed by atoms with E-state index in [0.29, 0.717) is 26.4 Å². The quantitative estimate of drug-likeness (QED) is 0.523. The lowest BCUT2D eigenvalue weighted by molar-refractivity contribution is -0.134. The maximum Gasteiger partial charge on any atom is 0.508 e. The molecule has 0 radical (unpaired) electrons. The molecule has 0 bridgehead atoms. The van der Waals surface area contributed by atoms with Gasteiger partial charge in [-0.2, -0.15) is 0 Å². The second-order valence-electron chi connectivity index (χ2n) is 2.86. The zero-order valence-electron chi connectivity index (χ0n) is 11.1. The summed E-state index contributed by atoms with van der Waals surface area (Å²) in [7, 11) is 0. The molecule has 0 unspecified atom stereocenters. The summed E-state index contributed by atoms with van der Waals surface area (Å²) in [6, 6.07) is 0. The van der Waals surface area contributed by atoms with E-state index in [1.165, 1.54) is 0 Å². The molecule has 0 heterocycles. The molecule has 0 aromatic heterocycles. The van der Waals surface area contributed by atoms with Crippen LogP contribution in [-0.2, 0) is 23.7 Å². The number of carbonyl (C=O) groups excluding carboxylic acids is 1. The molecule has 0 atom stereocenters. The van der Waals surface area contributed by atoms with Crippen LogP contribution in [0, 0.1) is 0 Å². The molecular formula is C11H22O7. The molecule has 1 N–H and O–H groups in total. The van der Waals surface area contributed by atoms with E-state index in [2.05, 4.69) is 9.47 Å². The van der Waals surface area contributed by atoms with Crippen molar-refractivity contribution in [3.8, 4) is 0 Å². The number of aliphatic carboxylic acids is 1. The summed E-state index contributed by atoms with van der Waals surface area (Å²) in [6.45, 7) is 7.31. The average Bonchev–Trinajstić information content (AvgIpc) is 2.30. The molecule has 0 aromatic carbocycles. The molecule has 0 rings (SSSR count). The molecule has 0 spiro atoms. The molecule has 0 amide bonds. The van der Waals surface area contributed by atoms with E-state index in [0.717, 1.165) is 6.92 Å². The Morgan fingerprint density at radius 1 is 0.889 bits per heavy atom. The molecular weight excluding hydrogens is 244 g/mol. The predicted molar refractivity (Wildman–Crippen MR) is 63.6 cm³/mol. The van der Waals surface area contributed by atoms with Gasteiger partial charge in [-0.3, -0.25) is 4.79 Å². The summed E-state index contributed by atoms with van der Waals surface area (Å²) in [5.41, 5.74) is 0. The van der Waals surface area contributed by atoms with Crippen LogP contribution in [0.15, 0.2) is 0 Å². The fourth-order valence-corrected chi connectivity index (χ4v) is 0.698. The molecule has 0 saturated carbocycles. The minimum Gasteiger partial charge on any atom is -0.481 e.